The number of carboxylic acid groups (broad SMARTS) is 1. The molecule has 8 nitrogen and oxygen atoms in total. The van der Waals surface area contributed by atoms with Crippen molar-refractivity contribution in [3.05, 3.63) is 47.9 Å². The second-order valence-corrected chi connectivity index (χ2v) is 7.38. The van der Waals surface area contributed by atoms with Crippen LogP contribution in [0, 0.1) is 12.8 Å². The Hall–Kier alpha value is -3.29. The smallest absolute Gasteiger partial charge is 0.305 e. The fraction of sp³-hybridized carbons (Fsp3) is 0.350. The molecule has 3 aromatic rings. The summed E-state index contributed by atoms with van der Waals surface area (Å²) in [6.07, 6.45) is 1.52. The van der Waals surface area contributed by atoms with Crippen LogP contribution in [0.5, 0.6) is 0 Å². The number of amides is 1. The first kappa shape index (κ1) is 19.5. The van der Waals surface area contributed by atoms with Crippen LogP contribution in [0.4, 0.5) is 0 Å². The van der Waals surface area contributed by atoms with Crippen LogP contribution in [0.15, 0.2) is 36.5 Å². The van der Waals surface area contributed by atoms with Gasteiger partial charge in [0.15, 0.2) is 5.69 Å². The minimum absolute atomic E-state index is 0.0785. The van der Waals surface area contributed by atoms with Gasteiger partial charge in [-0.05, 0) is 31.9 Å². The molecule has 0 aliphatic rings. The van der Waals surface area contributed by atoms with E-state index in [9.17, 15) is 14.7 Å². The summed E-state index contributed by atoms with van der Waals surface area (Å²) in [5.74, 6) is -1.50. The molecule has 146 valence electrons. The molecule has 0 fully saturated rings. The number of carbonyl (C=O) groups is 2. The average Bonchev–Trinajstić information content (AvgIpc) is 3.01. The van der Waals surface area contributed by atoms with E-state index >= 15 is 0 Å². The minimum Gasteiger partial charge on any atom is -0.481 e. The molecule has 1 aromatic carbocycles. The van der Waals surface area contributed by atoms with Crippen molar-refractivity contribution >= 4 is 22.8 Å². The molecule has 2 N–H and O–H groups in total. The molecule has 0 saturated carbocycles. The Balaban J connectivity index is 1.96. The molecule has 1 atom stereocenters. The minimum atomic E-state index is -0.973. The summed E-state index contributed by atoms with van der Waals surface area (Å²) in [4.78, 5) is 28.5. The van der Waals surface area contributed by atoms with Gasteiger partial charge in [0, 0.05) is 11.6 Å². The van der Waals surface area contributed by atoms with Crippen LogP contribution in [0.2, 0.25) is 0 Å². The Morgan fingerprint density at radius 1 is 1.25 bits per heavy atom. The van der Waals surface area contributed by atoms with E-state index in [0.29, 0.717) is 5.69 Å². The molecular formula is C20H23N5O3. The predicted octanol–water partition coefficient (Wildman–Crippen LogP) is 2.74. The number of aromatic nitrogens is 4. The number of carboxylic acids is 1. The molecule has 8 heteroatoms. The molecule has 0 saturated heterocycles. The van der Waals surface area contributed by atoms with E-state index < -0.39 is 17.4 Å². The van der Waals surface area contributed by atoms with Gasteiger partial charge < -0.3 is 10.4 Å². The van der Waals surface area contributed by atoms with Gasteiger partial charge in [0.2, 0.25) is 0 Å². The highest BCUT2D eigenvalue weighted by molar-refractivity contribution is 5.94. The fourth-order valence-corrected chi connectivity index (χ4v) is 3.05. The topological polar surface area (TPSA) is 110 Å². The Morgan fingerprint density at radius 2 is 1.96 bits per heavy atom. The number of benzene rings is 1. The molecule has 1 amide bonds. The molecule has 2 aromatic heterocycles. The lowest BCUT2D eigenvalue weighted by Crippen LogP contribution is -2.51. The number of hydrogen-bond donors (Lipinski definition) is 2. The van der Waals surface area contributed by atoms with E-state index in [-0.39, 0.29) is 18.0 Å². The van der Waals surface area contributed by atoms with Crippen molar-refractivity contribution in [2.24, 2.45) is 5.92 Å². The summed E-state index contributed by atoms with van der Waals surface area (Å²) in [6, 6.07) is 9.51. The van der Waals surface area contributed by atoms with E-state index in [1.807, 2.05) is 44.2 Å². The van der Waals surface area contributed by atoms with Crippen LogP contribution in [0.1, 0.15) is 43.4 Å². The molecule has 0 aliphatic heterocycles. The largest absolute Gasteiger partial charge is 0.481 e. The summed E-state index contributed by atoms with van der Waals surface area (Å²) in [7, 11) is 0. The number of fused-ring (bicyclic) bond motifs is 1. The molecule has 28 heavy (non-hydrogen) atoms. The van der Waals surface area contributed by atoms with E-state index in [4.69, 9.17) is 0 Å². The number of carbonyl (C=O) groups excluding carboxylic acids is 1. The lowest BCUT2D eigenvalue weighted by Gasteiger charge is -2.33. The third-order valence-corrected chi connectivity index (χ3v) is 5.14. The number of aliphatic carboxylic acids is 1. The number of nitrogens with one attached hydrogen (secondary N) is 1. The van der Waals surface area contributed by atoms with Gasteiger partial charge >= 0.3 is 5.97 Å². The molecule has 3 rings (SSSR count). The monoisotopic (exact) mass is 381 g/mol. The van der Waals surface area contributed by atoms with Crippen LogP contribution < -0.4 is 5.32 Å². The summed E-state index contributed by atoms with van der Waals surface area (Å²) in [5, 5.41) is 21.2. The highest BCUT2D eigenvalue weighted by Gasteiger charge is 2.34. The van der Waals surface area contributed by atoms with Crippen LogP contribution >= 0.6 is 0 Å². The van der Waals surface area contributed by atoms with E-state index in [1.54, 1.807) is 24.7 Å². The molecule has 0 bridgehead atoms. The van der Waals surface area contributed by atoms with Crippen molar-refractivity contribution in [1.82, 2.24) is 25.3 Å². The quantitative estimate of drug-likeness (QED) is 0.679. The number of hydrogen-bond acceptors (Lipinski definition) is 5. The SMILES string of the molecule is Cc1c(C(=O)NC(C)(CC(=O)O)C(C)C)nnn1-c1cccc2cccnc12. The summed E-state index contributed by atoms with van der Waals surface area (Å²) >= 11 is 0. The Kier molecular flexibility index (Phi) is 5.13. The van der Waals surface area contributed by atoms with Crippen LogP contribution in [-0.4, -0.2) is 42.5 Å². The molecular weight excluding hydrogens is 358 g/mol. The van der Waals surface area contributed by atoms with Gasteiger partial charge in [0.05, 0.1) is 28.9 Å². The summed E-state index contributed by atoms with van der Waals surface area (Å²) in [6.45, 7) is 7.21. The van der Waals surface area contributed by atoms with Crippen molar-refractivity contribution < 1.29 is 14.7 Å². The van der Waals surface area contributed by atoms with Crippen molar-refractivity contribution in [3.63, 3.8) is 0 Å². The van der Waals surface area contributed by atoms with Gasteiger partial charge in [-0.15, -0.1) is 5.10 Å². The van der Waals surface area contributed by atoms with Gasteiger partial charge in [-0.1, -0.05) is 37.3 Å². The Bertz CT molecular complexity index is 1040. The number of pyridine rings is 1. The second-order valence-electron chi connectivity index (χ2n) is 7.38. The molecule has 0 spiro atoms. The molecule has 2 heterocycles. The zero-order valence-electron chi connectivity index (χ0n) is 16.3. The zero-order valence-corrected chi connectivity index (χ0v) is 16.3. The van der Waals surface area contributed by atoms with Crippen molar-refractivity contribution in [2.75, 3.05) is 0 Å². The number of nitrogens with zero attached hydrogens (tertiary/aromatic N) is 4. The maximum Gasteiger partial charge on any atom is 0.305 e. The zero-order chi connectivity index (χ0) is 20.5. The van der Waals surface area contributed by atoms with Gasteiger partial charge in [-0.2, -0.15) is 0 Å². The van der Waals surface area contributed by atoms with E-state index in [1.165, 1.54) is 0 Å². The van der Waals surface area contributed by atoms with Gasteiger partial charge in [-0.3, -0.25) is 14.6 Å². The standard InChI is InChI=1S/C20H23N5O3/c1-12(2)20(4,11-16(26)27)22-19(28)17-13(3)25(24-23-17)15-9-5-7-14-8-6-10-21-18(14)15/h5-10,12H,11H2,1-4H3,(H,22,28)(H,26,27). The predicted molar refractivity (Wildman–Crippen MR) is 104 cm³/mol. The second kappa shape index (κ2) is 7.38. The molecule has 0 aliphatic carbocycles. The molecule has 1 unspecified atom stereocenters. The molecule has 0 radical (unpaired) electrons. The Labute approximate surface area is 162 Å². The summed E-state index contributed by atoms with van der Waals surface area (Å²) in [5.41, 5.74) is 1.28. The first-order chi connectivity index (χ1) is 13.2. The first-order valence-electron chi connectivity index (χ1n) is 9.03. The lowest BCUT2D eigenvalue weighted by atomic mass is 9.85. The summed E-state index contributed by atoms with van der Waals surface area (Å²) < 4.78 is 1.58. The van der Waals surface area contributed by atoms with Gasteiger partial charge in [-0.25, -0.2) is 4.68 Å². The van der Waals surface area contributed by atoms with E-state index in [2.05, 4.69) is 20.6 Å². The van der Waals surface area contributed by atoms with Crippen molar-refractivity contribution in [3.8, 4) is 5.69 Å². The Morgan fingerprint density at radius 3 is 2.64 bits per heavy atom. The maximum atomic E-state index is 12.8. The van der Waals surface area contributed by atoms with Crippen molar-refractivity contribution in [2.45, 2.75) is 39.7 Å². The van der Waals surface area contributed by atoms with Crippen molar-refractivity contribution in [1.29, 1.82) is 0 Å². The normalized spacial score (nSPS) is 13.5. The van der Waals surface area contributed by atoms with Crippen LogP contribution in [0.3, 0.4) is 0 Å². The number of rotatable bonds is 6. The third kappa shape index (κ3) is 3.58. The lowest BCUT2D eigenvalue weighted by molar-refractivity contribution is -0.138. The highest BCUT2D eigenvalue weighted by Crippen LogP contribution is 2.24. The third-order valence-electron chi connectivity index (χ3n) is 5.14. The highest BCUT2D eigenvalue weighted by atomic mass is 16.4. The van der Waals surface area contributed by atoms with Crippen LogP contribution in [0.25, 0.3) is 16.6 Å². The fourth-order valence-electron chi connectivity index (χ4n) is 3.05. The first-order valence-corrected chi connectivity index (χ1v) is 9.03. The maximum absolute atomic E-state index is 12.8. The van der Waals surface area contributed by atoms with Gasteiger partial charge in [0.25, 0.3) is 5.91 Å². The van der Waals surface area contributed by atoms with Gasteiger partial charge in [0.1, 0.15) is 0 Å². The van der Waals surface area contributed by atoms with E-state index in [0.717, 1.165) is 16.6 Å². The average molecular weight is 381 g/mol. The number of para-hydroxylation sites is 1. The van der Waals surface area contributed by atoms with Crippen LogP contribution in [-0.2, 0) is 4.79 Å².